The van der Waals surface area contributed by atoms with Crippen molar-refractivity contribution >= 4 is 17.7 Å². The largest absolute Gasteiger partial charge is 0.496 e. The molecule has 2 aromatic carbocycles. The third-order valence-electron chi connectivity index (χ3n) is 4.14. The van der Waals surface area contributed by atoms with Crippen molar-refractivity contribution in [2.24, 2.45) is 0 Å². The van der Waals surface area contributed by atoms with E-state index in [2.05, 4.69) is 0 Å². The molecule has 0 spiro atoms. The van der Waals surface area contributed by atoms with Crippen LogP contribution in [0, 0.1) is 5.82 Å². The van der Waals surface area contributed by atoms with Gasteiger partial charge < -0.3 is 14.2 Å². The van der Waals surface area contributed by atoms with Gasteiger partial charge in [-0.25, -0.2) is 4.39 Å². The van der Waals surface area contributed by atoms with Crippen LogP contribution < -0.4 is 14.2 Å². The van der Waals surface area contributed by atoms with Crippen LogP contribution in [0.5, 0.6) is 17.2 Å². The number of hydrogen-bond donors (Lipinski definition) is 0. The summed E-state index contributed by atoms with van der Waals surface area (Å²) in [7, 11) is 4.81. The first kappa shape index (κ1) is 16.1. The molecule has 0 aliphatic heterocycles. The van der Waals surface area contributed by atoms with Gasteiger partial charge in [-0.15, -0.1) is 0 Å². The number of fused-ring (bicyclic) bond motifs is 1. The summed E-state index contributed by atoms with van der Waals surface area (Å²) in [5.74, 6) is 1.73. The molecule has 1 aliphatic rings. The van der Waals surface area contributed by atoms with Gasteiger partial charge in [-0.05, 0) is 47.4 Å². The third kappa shape index (κ3) is 2.75. The lowest BCUT2D eigenvalue weighted by Gasteiger charge is -2.14. The van der Waals surface area contributed by atoms with E-state index in [0.717, 1.165) is 27.8 Å². The molecule has 0 saturated heterocycles. The van der Waals surface area contributed by atoms with E-state index in [1.54, 1.807) is 33.5 Å². The second-order valence-electron chi connectivity index (χ2n) is 5.56. The third-order valence-corrected chi connectivity index (χ3v) is 4.14. The van der Waals surface area contributed by atoms with Gasteiger partial charge in [-0.1, -0.05) is 12.1 Å². The van der Waals surface area contributed by atoms with Crippen LogP contribution in [0.25, 0.3) is 17.7 Å². The van der Waals surface area contributed by atoms with Crippen molar-refractivity contribution in [3.63, 3.8) is 0 Å². The van der Waals surface area contributed by atoms with Crippen LogP contribution in [0.3, 0.4) is 0 Å². The topological polar surface area (TPSA) is 27.7 Å². The molecule has 0 unspecified atom stereocenters. The Morgan fingerprint density at radius 2 is 1.58 bits per heavy atom. The Kier molecular flexibility index (Phi) is 4.30. The van der Waals surface area contributed by atoms with Crippen molar-refractivity contribution in [1.29, 1.82) is 0 Å². The fraction of sp³-hybridized carbons (Fsp3) is 0.200. The van der Waals surface area contributed by atoms with Gasteiger partial charge in [0, 0.05) is 12.1 Å². The highest BCUT2D eigenvalue weighted by atomic mass is 19.1. The van der Waals surface area contributed by atoms with Gasteiger partial charge in [0.2, 0.25) is 0 Å². The zero-order chi connectivity index (χ0) is 17.3. The van der Waals surface area contributed by atoms with Crippen LogP contribution >= 0.6 is 0 Å². The van der Waals surface area contributed by atoms with Crippen molar-refractivity contribution in [2.45, 2.75) is 6.92 Å². The van der Waals surface area contributed by atoms with Gasteiger partial charge in [0.15, 0.2) is 0 Å². The molecule has 4 heteroatoms. The highest BCUT2D eigenvalue weighted by Crippen LogP contribution is 2.41. The number of hydrogen-bond acceptors (Lipinski definition) is 3. The zero-order valence-corrected chi connectivity index (χ0v) is 14.1. The molecule has 0 saturated carbocycles. The van der Waals surface area contributed by atoms with Gasteiger partial charge >= 0.3 is 0 Å². The Bertz CT molecular complexity index is 825. The molecule has 0 aromatic heterocycles. The van der Waals surface area contributed by atoms with Gasteiger partial charge in [-0.3, -0.25) is 0 Å². The van der Waals surface area contributed by atoms with Gasteiger partial charge in [0.1, 0.15) is 23.1 Å². The second kappa shape index (κ2) is 6.40. The predicted octanol–water partition coefficient (Wildman–Crippen LogP) is 4.81. The minimum atomic E-state index is -0.237. The SMILES string of the molecule is COc1cc(OC)c(C=C2C(C)=Cc3cc(F)ccc32)c(OC)c1. The normalized spacial score (nSPS) is 14.4. The molecule has 0 amide bonds. The molecular formula is C20H19FO3. The van der Waals surface area contributed by atoms with E-state index < -0.39 is 0 Å². The van der Waals surface area contributed by atoms with E-state index in [9.17, 15) is 4.39 Å². The molecule has 3 rings (SSSR count). The van der Waals surface area contributed by atoms with E-state index in [1.165, 1.54) is 6.07 Å². The number of rotatable bonds is 4. The fourth-order valence-electron chi connectivity index (χ4n) is 2.93. The Morgan fingerprint density at radius 1 is 0.917 bits per heavy atom. The number of allylic oxidation sites excluding steroid dienone is 2. The molecule has 24 heavy (non-hydrogen) atoms. The lowest BCUT2D eigenvalue weighted by atomic mass is 9.99. The fourth-order valence-corrected chi connectivity index (χ4v) is 2.93. The maximum atomic E-state index is 13.5. The molecule has 1 aliphatic carbocycles. The summed E-state index contributed by atoms with van der Waals surface area (Å²) in [4.78, 5) is 0. The molecular weight excluding hydrogens is 307 g/mol. The Balaban J connectivity index is 2.18. The van der Waals surface area contributed by atoms with Crippen molar-refractivity contribution in [1.82, 2.24) is 0 Å². The minimum absolute atomic E-state index is 0.237. The summed E-state index contributed by atoms with van der Waals surface area (Å²) >= 11 is 0. The maximum Gasteiger partial charge on any atom is 0.133 e. The lowest BCUT2D eigenvalue weighted by Crippen LogP contribution is -1.95. The van der Waals surface area contributed by atoms with Crippen LogP contribution in [0.2, 0.25) is 0 Å². The van der Waals surface area contributed by atoms with E-state index in [-0.39, 0.29) is 5.82 Å². The molecule has 0 heterocycles. The molecule has 0 fully saturated rings. The average Bonchev–Trinajstić information content (AvgIpc) is 2.89. The monoisotopic (exact) mass is 326 g/mol. The number of benzene rings is 2. The zero-order valence-electron chi connectivity index (χ0n) is 14.1. The number of ether oxygens (including phenoxy) is 3. The molecule has 3 nitrogen and oxygen atoms in total. The van der Waals surface area contributed by atoms with Crippen LogP contribution in [0.15, 0.2) is 35.9 Å². The van der Waals surface area contributed by atoms with Crippen LogP contribution in [-0.4, -0.2) is 21.3 Å². The second-order valence-corrected chi connectivity index (χ2v) is 5.56. The standard InChI is InChI=1S/C20H19FO3/c1-12-7-13-8-14(21)5-6-16(13)17(12)11-18-19(23-3)9-15(22-2)10-20(18)24-4/h5-11H,1-4H3. The Morgan fingerprint density at radius 3 is 2.17 bits per heavy atom. The summed E-state index contributed by atoms with van der Waals surface area (Å²) < 4.78 is 29.7. The van der Waals surface area contributed by atoms with Crippen LogP contribution in [-0.2, 0) is 0 Å². The van der Waals surface area contributed by atoms with E-state index in [4.69, 9.17) is 14.2 Å². The van der Waals surface area contributed by atoms with Crippen LogP contribution in [0.1, 0.15) is 23.6 Å². The highest BCUT2D eigenvalue weighted by molar-refractivity contribution is 6.02. The summed E-state index contributed by atoms with van der Waals surface area (Å²) in [6, 6.07) is 8.44. The van der Waals surface area contributed by atoms with Gasteiger partial charge in [-0.2, -0.15) is 0 Å². The molecule has 0 radical (unpaired) electrons. The van der Waals surface area contributed by atoms with Crippen molar-refractivity contribution in [2.75, 3.05) is 21.3 Å². The Hall–Kier alpha value is -2.75. The smallest absolute Gasteiger partial charge is 0.133 e. The van der Waals surface area contributed by atoms with Crippen LogP contribution in [0.4, 0.5) is 4.39 Å². The molecule has 0 atom stereocenters. The molecule has 124 valence electrons. The summed E-state index contributed by atoms with van der Waals surface area (Å²) in [6.07, 6.45) is 3.99. The molecule has 0 N–H and O–H groups in total. The van der Waals surface area contributed by atoms with Gasteiger partial charge in [0.05, 0.1) is 26.9 Å². The first-order valence-electron chi connectivity index (χ1n) is 7.57. The number of halogens is 1. The van der Waals surface area contributed by atoms with E-state index in [0.29, 0.717) is 17.2 Å². The van der Waals surface area contributed by atoms with E-state index >= 15 is 0 Å². The van der Waals surface area contributed by atoms with Crippen molar-refractivity contribution in [3.8, 4) is 17.2 Å². The lowest BCUT2D eigenvalue weighted by molar-refractivity contribution is 0.374. The molecule has 2 aromatic rings. The van der Waals surface area contributed by atoms with Gasteiger partial charge in [0.25, 0.3) is 0 Å². The summed E-state index contributed by atoms with van der Waals surface area (Å²) in [5, 5.41) is 0. The first-order valence-corrected chi connectivity index (χ1v) is 7.57. The van der Waals surface area contributed by atoms with E-state index in [1.807, 2.05) is 31.2 Å². The number of methoxy groups -OCH3 is 3. The molecule has 0 bridgehead atoms. The summed E-state index contributed by atoms with van der Waals surface area (Å²) in [5.41, 5.74) is 4.78. The highest BCUT2D eigenvalue weighted by Gasteiger charge is 2.19. The quantitative estimate of drug-likeness (QED) is 0.807. The first-order chi connectivity index (χ1) is 11.6. The Labute approximate surface area is 141 Å². The van der Waals surface area contributed by atoms with Crippen molar-refractivity contribution < 1.29 is 18.6 Å². The predicted molar refractivity (Wildman–Crippen MR) is 94.0 cm³/mol. The average molecular weight is 326 g/mol. The minimum Gasteiger partial charge on any atom is -0.496 e. The summed E-state index contributed by atoms with van der Waals surface area (Å²) in [6.45, 7) is 2.01. The maximum absolute atomic E-state index is 13.5. The van der Waals surface area contributed by atoms with Crippen molar-refractivity contribution in [3.05, 3.63) is 58.4 Å².